The minimum atomic E-state index is -0.814. The molecule has 1 aromatic carbocycles. The second kappa shape index (κ2) is 5.58. The van der Waals surface area contributed by atoms with Gasteiger partial charge in [-0.25, -0.2) is 4.79 Å². The Morgan fingerprint density at radius 1 is 1.12 bits per heavy atom. The number of nitrogens with zero attached hydrogens (tertiary/aromatic N) is 1. The third-order valence-electron chi connectivity index (χ3n) is 5.33. The number of likely N-dealkylation sites (tertiary alicyclic amines) is 1. The highest BCUT2D eigenvalue weighted by Gasteiger charge is 2.49. The second-order valence-corrected chi connectivity index (χ2v) is 6.68. The number of imide groups is 1. The lowest BCUT2D eigenvalue weighted by atomic mass is 9.73. The summed E-state index contributed by atoms with van der Waals surface area (Å²) in [6, 6.07) is 6.27. The van der Waals surface area contributed by atoms with Crippen molar-refractivity contribution in [2.24, 2.45) is 0 Å². The van der Waals surface area contributed by atoms with Crippen molar-refractivity contribution in [2.75, 3.05) is 18.4 Å². The van der Waals surface area contributed by atoms with Crippen molar-refractivity contribution in [2.45, 2.75) is 30.7 Å². The van der Waals surface area contributed by atoms with Gasteiger partial charge >= 0.3 is 6.03 Å². The molecule has 1 atom stereocenters. The number of para-hydroxylation sites is 1. The molecule has 0 radical (unpaired) electrons. The lowest BCUT2D eigenvalue weighted by Gasteiger charge is -2.38. The van der Waals surface area contributed by atoms with Gasteiger partial charge < -0.3 is 15.5 Å². The summed E-state index contributed by atoms with van der Waals surface area (Å²) in [5, 5.41) is 7.48. The van der Waals surface area contributed by atoms with Gasteiger partial charge in [0.25, 0.3) is 5.91 Å². The maximum absolute atomic E-state index is 12.5. The quantitative estimate of drug-likeness (QED) is 0.662. The highest BCUT2D eigenvalue weighted by molar-refractivity contribution is 6.07. The number of hydrogen-bond acceptors (Lipinski definition) is 4. The fourth-order valence-electron chi connectivity index (χ4n) is 3.91. The molecule has 0 unspecified atom stereocenters. The number of fused-ring (bicyclic) bond motifs is 2. The molecule has 0 bridgehead atoms. The Labute approximate surface area is 143 Å². The Hall–Kier alpha value is -2.90. The van der Waals surface area contributed by atoms with Crippen LogP contribution in [0.25, 0.3) is 0 Å². The summed E-state index contributed by atoms with van der Waals surface area (Å²) < 4.78 is 0. The van der Waals surface area contributed by atoms with Crippen LogP contribution in [-0.2, 0) is 19.8 Å². The third kappa shape index (κ3) is 2.45. The fraction of sp³-hybridized carbons (Fsp3) is 0.412. The predicted molar refractivity (Wildman–Crippen MR) is 87.6 cm³/mol. The van der Waals surface area contributed by atoms with Crippen molar-refractivity contribution in [3.63, 3.8) is 0 Å². The first kappa shape index (κ1) is 15.6. The van der Waals surface area contributed by atoms with Gasteiger partial charge in [0, 0.05) is 18.8 Å². The fourth-order valence-corrected chi connectivity index (χ4v) is 3.91. The van der Waals surface area contributed by atoms with E-state index in [0.29, 0.717) is 25.9 Å². The van der Waals surface area contributed by atoms with Crippen molar-refractivity contribution < 1.29 is 19.2 Å². The average molecular weight is 342 g/mol. The number of hydrogen-bond donors (Lipinski definition) is 3. The number of carbonyl (C=O) groups excluding carboxylic acids is 4. The number of benzene rings is 1. The van der Waals surface area contributed by atoms with E-state index in [4.69, 9.17) is 0 Å². The zero-order valence-corrected chi connectivity index (χ0v) is 13.5. The van der Waals surface area contributed by atoms with Gasteiger partial charge in [0.15, 0.2) is 0 Å². The molecule has 0 aromatic heterocycles. The summed E-state index contributed by atoms with van der Waals surface area (Å²) in [5.74, 6) is -0.678. The first-order valence-corrected chi connectivity index (χ1v) is 8.30. The van der Waals surface area contributed by atoms with Gasteiger partial charge in [-0.05, 0) is 24.5 Å². The summed E-state index contributed by atoms with van der Waals surface area (Å²) >= 11 is 0. The molecule has 25 heavy (non-hydrogen) atoms. The minimum Gasteiger partial charge on any atom is -0.343 e. The van der Waals surface area contributed by atoms with Gasteiger partial charge in [0.2, 0.25) is 11.8 Å². The van der Waals surface area contributed by atoms with Crippen molar-refractivity contribution in [1.82, 2.24) is 15.5 Å². The molecule has 4 rings (SSSR count). The maximum Gasteiger partial charge on any atom is 0.322 e. The number of anilines is 1. The van der Waals surface area contributed by atoms with E-state index in [9.17, 15) is 19.2 Å². The monoisotopic (exact) mass is 342 g/mol. The number of amides is 5. The first-order valence-electron chi connectivity index (χ1n) is 8.30. The Bertz CT molecular complexity index is 783. The number of carbonyl (C=O) groups is 4. The molecule has 2 fully saturated rings. The van der Waals surface area contributed by atoms with Gasteiger partial charge in [-0.1, -0.05) is 18.2 Å². The topological polar surface area (TPSA) is 108 Å². The zero-order chi connectivity index (χ0) is 17.6. The van der Waals surface area contributed by atoms with Crippen LogP contribution in [0.5, 0.6) is 0 Å². The Kier molecular flexibility index (Phi) is 3.48. The number of piperidine rings is 1. The van der Waals surface area contributed by atoms with Crippen LogP contribution in [0.3, 0.4) is 0 Å². The van der Waals surface area contributed by atoms with Crippen molar-refractivity contribution in [3.8, 4) is 0 Å². The molecule has 2 saturated heterocycles. The van der Waals surface area contributed by atoms with E-state index in [1.54, 1.807) is 4.90 Å². The molecule has 3 heterocycles. The molecule has 3 aliphatic heterocycles. The number of nitrogens with one attached hydrogen (secondary N) is 3. The lowest BCUT2D eigenvalue weighted by Crippen LogP contribution is -2.49. The highest BCUT2D eigenvalue weighted by atomic mass is 16.2. The lowest BCUT2D eigenvalue weighted by molar-refractivity contribution is -0.136. The second-order valence-electron chi connectivity index (χ2n) is 6.68. The smallest absolute Gasteiger partial charge is 0.322 e. The summed E-state index contributed by atoms with van der Waals surface area (Å²) in [7, 11) is 0. The van der Waals surface area contributed by atoms with Crippen LogP contribution >= 0.6 is 0 Å². The summed E-state index contributed by atoms with van der Waals surface area (Å²) in [4.78, 5) is 49.3. The van der Waals surface area contributed by atoms with E-state index in [0.717, 1.165) is 11.3 Å². The molecular formula is C17H18N4O4. The summed E-state index contributed by atoms with van der Waals surface area (Å²) in [6.45, 7) is 0.895. The minimum absolute atomic E-state index is 0.0109. The third-order valence-corrected chi connectivity index (χ3v) is 5.33. The molecule has 1 spiro atoms. The Morgan fingerprint density at radius 3 is 2.52 bits per heavy atom. The van der Waals surface area contributed by atoms with Gasteiger partial charge in [0.1, 0.15) is 6.04 Å². The predicted octanol–water partition coefficient (Wildman–Crippen LogP) is 0.0970. The van der Waals surface area contributed by atoms with Crippen LogP contribution in [0.15, 0.2) is 24.3 Å². The zero-order valence-electron chi connectivity index (χ0n) is 13.5. The molecular weight excluding hydrogens is 324 g/mol. The molecule has 8 nitrogen and oxygen atoms in total. The van der Waals surface area contributed by atoms with E-state index in [1.165, 1.54) is 0 Å². The molecule has 8 heteroatoms. The van der Waals surface area contributed by atoms with Crippen LogP contribution in [0.4, 0.5) is 10.5 Å². The molecule has 1 aromatic rings. The van der Waals surface area contributed by atoms with Gasteiger partial charge in [-0.3, -0.25) is 19.7 Å². The van der Waals surface area contributed by atoms with E-state index >= 15 is 0 Å². The van der Waals surface area contributed by atoms with E-state index in [1.807, 2.05) is 24.3 Å². The number of urea groups is 1. The van der Waals surface area contributed by atoms with Crippen molar-refractivity contribution >= 4 is 29.4 Å². The molecule has 5 amide bonds. The largest absolute Gasteiger partial charge is 0.343 e. The SMILES string of the molecule is O=C1NC(=O)[C@H](CC(=O)N2CCC3(CC2)C(=O)Nc2ccccc23)N1. The van der Waals surface area contributed by atoms with Crippen molar-refractivity contribution in [1.29, 1.82) is 0 Å². The van der Waals surface area contributed by atoms with Crippen LogP contribution < -0.4 is 16.0 Å². The van der Waals surface area contributed by atoms with Gasteiger partial charge in [0.05, 0.1) is 11.8 Å². The standard InChI is InChI=1S/C17H18N4O4/c22-13(9-12-14(23)20-16(25)19-12)21-7-5-17(6-8-21)10-3-1-2-4-11(10)18-15(17)24/h1-4,12H,5-9H2,(H,18,24)(H2,19,20,23,25)/t12-/m0/s1. The average Bonchev–Trinajstić information content (AvgIpc) is 3.05. The Balaban J connectivity index is 1.43. The van der Waals surface area contributed by atoms with E-state index < -0.39 is 23.4 Å². The van der Waals surface area contributed by atoms with Crippen LogP contribution in [0.2, 0.25) is 0 Å². The van der Waals surface area contributed by atoms with Crippen LogP contribution in [0.1, 0.15) is 24.8 Å². The normalized spacial score (nSPS) is 23.9. The van der Waals surface area contributed by atoms with Gasteiger partial charge in [-0.2, -0.15) is 0 Å². The number of rotatable bonds is 2. The molecule has 130 valence electrons. The van der Waals surface area contributed by atoms with Crippen molar-refractivity contribution in [3.05, 3.63) is 29.8 Å². The van der Waals surface area contributed by atoms with E-state index in [-0.39, 0.29) is 18.2 Å². The molecule has 3 aliphatic rings. The van der Waals surface area contributed by atoms with Crippen LogP contribution in [-0.4, -0.2) is 47.8 Å². The first-order chi connectivity index (χ1) is 12.0. The van der Waals surface area contributed by atoms with Gasteiger partial charge in [-0.15, -0.1) is 0 Å². The van der Waals surface area contributed by atoms with Crippen LogP contribution in [0, 0.1) is 0 Å². The summed E-state index contributed by atoms with van der Waals surface area (Å²) in [6.07, 6.45) is 1.03. The maximum atomic E-state index is 12.5. The molecule has 3 N–H and O–H groups in total. The molecule has 0 saturated carbocycles. The van der Waals surface area contributed by atoms with E-state index in [2.05, 4.69) is 16.0 Å². The Morgan fingerprint density at radius 2 is 1.84 bits per heavy atom. The highest BCUT2D eigenvalue weighted by Crippen LogP contribution is 2.44. The molecule has 0 aliphatic carbocycles. The summed E-state index contributed by atoms with van der Waals surface area (Å²) in [5.41, 5.74) is 1.26.